The van der Waals surface area contributed by atoms with Crippen LogP contribution in [0.3, 0.4) is 0 Å². The van der Waals surface area contributed by atoms with Crippen molar-refractivity contribution in [3.63, 3.8) is 0 Å². The lowest BCUT2D eigenvalue weighted by atomic mass is 10.1. The maximum atomic E-state index is 11.3. The second kappa shape index (κ2) is 7.70. The number of carbonyl (C=O) groups is 1. The molecule has 0 aliphatic rings. The molecule has 106 valence electrons. The number of rotatable bonds is 7. The average molecular weight is 305 g/mol. The molecule has 0 spiro atoms. The molecule has 1 rings (SSSR count). The van der Waals surface area contributed by atoms with Crippen molar-refractivity contribution in [1.29, 1.82) is 0 Å². The van der Waals surface area contributed by atoms with Crippen molar-refractivity contribution in [3.8, 4) is 0 Å². The van der Waals surface area contributed by atoms with E-state index in [-0.39, 0.29) is 0 Å². The number of benzene rings is 1. The molecule has 0 aromatic heterocycles. The quantitative estimate of drug-likeness (QED) is 0.462. The van der Waals surface area contributed by atoms with Crippen molar-refractivity contribution in [2.75, 3.05) is 0 Å². The van der Waals surface area contributed by atoms with Crippen molar-refractivity contribution >= 4 is 29.2 Å². The minimum absolute atomic E-state index is 0.361. The number of hydrogen-bond acceptors (Lipinski definition) is 3. The zero-order chi connectivity index (χ0) is 14.4. The first-order valence-electron chi connectivity index (χ1n) is 6.01. The minimum Gasteiger partial charge on any atom is -0.480 e. The molecule has 6 heteroatoms. The molecule has 0 fully saturated rings. The topological polar surface area (TPSA) is 52.6 Å². The summed E-state index contributed by atoms with van der Waals surface area (Å²) in [6.45, 7) is 3.46. The van der Waals surface area contributed by atoms with Crippen LogP contribution in [0.5, 0.6) is 0 Å². The van der Waals surface area contributed by atoms with Gasteiger partial charge in [0.2, 0.25) is 0 Å². The van der Waals surface area contributed by atoms with Crippen LogP contribution < -0.4 is 5.43 Å². The van der Waals surface area contributed by atoms with Gasteiger partial charge in [-0.25, -0.2) is 10.4 Å². The minimum atomic E-state index is -0.941. The second-order valence-corrected chi connectivity index (χ2v) is 5.53. The van der Waals surface area contributed by atoms with Crippen molar-refractivity contribution in [2.24, 2.45) is 0 Å². The van der Waals surface area contributed by atoms with Gasteiger partial charge in [-0.05, 0) is 25.8 Å². The lowest BCUT2D eigenvalue weighted by Gasteiger charge is -2.31. The summed E-state index contributed by atoms with van der Waals surface area (Å²) in [5.41, 5.74) is 2.98. The van der Waals surface area contributed by atoms with Crippen LogP contribution in [0, 0.1) is 0 Å². The molecule has 19 heavy (non-hydrogen) atoms. The highest BCUT2D eigenvalue weighted by Gasteiger charge is 2.25. The first kappa shape index (κ1) is 16.2. The van der Waals surface area contributed by atoms with Crippen molar-refractivity contribution < 1.29 is 9.90 Å². The van der Waals surface area contributed by atoms with Gasteiger partial charge in [-0.15, -0.1) is 23.2 Å². The van der Waals surface area contributed by atoms with Crippen molar-refractivity contribution in [3.05, 3.63) is 35.9 Å². The van der Waals surface area contributed by atoms with E-state index < -0.39 is 23.0 Å². The molecule has 0 saturated heterocycles. The Morgan fingerprint density at radius 1 is 1.26 bits per heavy atom. The summed E-state index contributed by atoms with van der Waals surface area (Å²) in [5.74, 6) is -0.941. The molecule has 2 N–H and O–H groups in total. The Kier molecular flexibility index (Phi) is 6.58. The summed E-state index contributed by atoms with van der Waals surface area (Å²) < 4.78 is 0. The van der Waals surface area contributed by atoms with Gasteiger partial charge in [-0.3, -0.25) is 4.79 Å². The third-order valence-corrected chi connectivity index (χ3v) is 3.07. The Bertz CT molecular complexity index is 391. The summed E-state index contributed by atoms with van der Waals surface area (Å²) in [5, 5.41) is 10.8. The molecule has 1 aromatic carbocycles. The Morgan fingerprint density at radius 3 is 2.21 bits per heavy atom. The summed E-state index contributed by atoms with van der Waals surface area (Å²) in [7, 11) is 0. The van der Waals surface area contributed by atoms with Crippen LogP contribution in [-0.2, 0) is 11.2 Å². The maximum absolute atomic E-state index is 11.3. The van der Waals surface area contributed by atoms with Crippen LogP contribution in [0.4, 0.5) is 0 Å². The highest BCUT2D eigenvalue weighted by molar-refractivity contribution is 6.22. The van der Waals surface area contributed by atoms with Gasteiger partial charge in [0.1, 0.15) is 6.04 Å². The molecular weight excluding hydrogens is 287 g/mol. The largest absolute Gasteiger partial charge is 0.480 e. The first-order valence-corrected chi connectivity index (χ1v) is 6.88. The fourth-order valence-electron chi connectivity index (χ4n) is 1.71. The van der Waals surface area contributed by atoms with Gasteiger partial charge in [0.15, 0.2) is 0 Å². The Morgan fingerprint density at radius 2 is 1.79 bits per heavy atom. The molecule has 3 unspecified atom stereocenters. The SMILES string of the molecule is CC(Cl)N(NC(Cc1ccccc1)C(=O)O)C(C)Cl. The highest BCUT2D eigenvalue weighted by Crippen LogP contribution is 2.12. The standard InChI is InChI=1S/C13H18Cl2N2O2/c1-9(14)17(10(2)15)16-12(13(18)19)8-11-6-4-3-5-7-11/h3-7,9-10,12,16H,8H2,1-2H3,(H,18,19). The lowest BCUT2D eigenvalue weighted by Crippen LogP contribution is -2.53. The maximum Gasteiger partial charge on any atom is 0.322 e. The lowest BCUT2D eigenvalue weighted by molar-refractivity contribution is -0.141. The second-order valence-electron chi connectivity index (χ2n) is 4.26. The molecule has 0 heterocycles. The number of alkyl halides is 2. The van der Waals surface area contributed by atoms with E-state index in [0.717, 1.165) is 5.56 Å². The molecule has 0 amide bonds. The third kappa shape index (κ3) is 5.37. The number of carboxylic acid groups (broad SMARTS) is 1. The van der Waals surface area contributed by atoms with Gasteiger partial charge in [-0.2, -0.15) is 0 Å². The van der Waals surface area contributed by atoms with Crippen LogP contribution >= 0.6 is 23.2 Å². The smallest absolute Gasteiger partial charge is 0.322 e. The van der Waals surface area contributed by atoms with Crippen molar-refractivity contribution in [1.82, 2.24) is 10.4 Å². The monoisotopic (exact) mass is 304 g/mol. The Balaban J connectivity index is 2.75. The van der Waals surface area contributed by atoms with Crippen LogP contribution in [-0.4, -0.2) is 33.1 Å². The zero-order valence-electron chi connectivity index (χ0n) is 10.9. The number of carboxylic acids is 1. The predicted molar refractivity (Wildman–Crippen MR) is 77.2 cm³/mol. The molecule has 0 saturated carbocycles. The summed E-state index contributed by atoms with van der Waals surface area (Å²) in [4.78, 5) is 11.3. The zero-order valence-corrected chi connectivity index (χ0v) is 12.4. The average Bonchev–Trinajstić information content (AvgIpc) is 2.34. The van der Waals surface area contributed by atoms with Crippen LogP contribution in [0.25, 0.3) is 0 Å². The van der Waals surface area contributed by atoms with E-state index in [9.17, 15) is 9.90 Å². The van der Waals surface area contributed by atoms with Gasteiger partial charge >= 0.3 is 5.97 Å². The summed E-state index contributed by atoms with van der Waals surface area (Å²) >= 11 is 12.0. The van der Waals surface area contributed by atoms with Crippen LogP contribution in [0.15, 0.2) is 30.3 Å². The Hall–Kier alpha value is -0.810. The molecule has 4 nitrogen and oxygen atoms in total. The van der Waals surface area contributed by atoms with Crippen LogP contribution in [0.1, 0.15) is 19.4 Å². The van der Waals surface area contributed by atoms with E-state index in [0.29, 0.717) is 6.42 Å². The van der Waals surface area contributed by atoms with E-state index in [2.05, 4.69) is 5.43 Å². The fraction of sp³-hybridized carbons (Fsp3) is 0.462. The molecule has 0 aliphatic heterocycles. The molecule has 0 radical (unpaired) electrons. The normalized spacial score (nSPS) is 16.1. The van der Waals surface area contributed by atoms with E-state index in [4.69, 9.17) is 23.2 Å². The Labute approximate surface area is 123 Å². The molecule has 3 atom stereocenters. The van der Waals surface area contributed by atoms with E-state index in [1.54, 1.807) is 13.8 Å². The number of nitrogens with zero attached hydrogens (tertiary/aromatic N) is 1. The number of hydrazine groups is 1. The number of aliphatic carboxylic acids is 1. The number of hydrogen-bond donors (Lipinski definition) is 2. The molecular formula is C13H18Cl2N2O2. The van der Waals surface area contributed by atoms with Gasteiger partial charge in [0.25, 0.3) is 0 Å². The van der Waals surface area contributed by atoms with Crippen molar-refractivity contribution in [2.45, 2.75) is 37.3 Å². The predicted octanol–water partition coefficient (Wildman–Crippen LogP) is 2.66. The molecule has 0 aliphatic carbocycles. The van der Waals surface area contributed by atoms with Gasteiger partial charge in [-0.1, -0.05) is 30.3 Å². The van der Waals surface area contributed by atoms with Gasteiger partial charge < -0.3 is 5.11 Å². The molecule has 0 bridgehead atoms. The number of nitrogens with one attached hydrogen (secondary N) is 1. The van der Waals surface area contributed by atoms with Crippen LogP contribution in [0.2, 0.25) is 0 Å². The van der Waals surface area contributed by atoms with Gasteiger partial charge in [0.05, 0.1) is 11.0 Å². The van der Waals surface area contributed by atoms with E-state index >= 15 is 0 Å². The summed E-state index contributed by atoms with van der Waals surface area (Å²) in [6, 6.07) is 8.64. The number of halogens is 2. The van der Waals surface area contributed by atoms with Gasteiger partial charge in [0, 0.05) is 0 Å². The summed E-state index contributed by atoms with van der Waals surface area (Å²) in [6.07, 6.45) is 0.361. The van der Waals surface area contributed by atoms with E-state index in [1.807, 2.05) is 30.3 Å². The van der Waals surface area contributed by atoms with E-state index in [1.165, 1.54) is 5.01 Å². The fourth-order valence-corrected chi connectivity index (χ4v) is 2.21. The third-order valence-electron chi connectivity index (χ3n) is 2.65. The first-order chi connectivity index (χ1) is 8.91. The highest BCUT2D eigenvalue weighted by atomic mass is 35.5. The molecule has 1 aromatic rings.